The molecule has 0 spiro atoms. The van der Waals surface area contributed by atoms with Crippen molar-refractivity contribution in [2.45, 2.75) is 32.2 Å². The van der Waals surface area contributed by atoms with Crippen LogP contribution in [0.1, 0.15) is 31.7 Å². The molecule has 2 rings (SSSR count). The zero-order valence-corrected chi connectivity index (χ0v) is 12.4. The maximum atomic E-state index is 12.1. The summed E-state index contributed by atoms with van der Waals surface area (Å²) in [4.78, 5) is 14.0. The minimum Gasteiger partial charge on any atom is -0.336 e. The summed E-state index contributed by atoms with van der Waals surface area (Å²) in [6.45, 7) is 2.95. The molecule has 0 bridgehead atoms. The summed E-state index contributed by atoms with van der Waals surface area (Å²) in [7, 11) is 0. The summed E-state index contributed by atoms with van der Waals surface area (Å²) in [5.74, 6) is 0.0678. The predicted octanol–water partition coefficient (Wildman–Crippen LogP) is 4.41. The van der Waals surface area contributed by atoms with Crippen LogP contribution in [0.4, 0.5) is 0 Å². The van der Waals surface area contributed by atoms with E-state index in [-0.39, 0.29) is 5.91 Å². The zero-order valence-electron chi connectivity index (χ0n) is 10.9. The van der Waals surface area contributed by atoms with Crippen LogP contribution < -0.4 is 0 Å². The highest BCUT2D eigenvalue weighted by molar-refractivity contribution is 6.42. The van der Waals surface area contributed by atoms with E-state index in [9.17, 15) is 4.79 Å². The Morgan fingerprint density at radius 3 is 2.79 bits per heavy atom. The minimum absolute atomic E-state index is 0.0678. The Kier molecular flexibility index (Phi) is 4.89. The van der Waals surface area contributed by atoms with E-state index in [2.05, 4.69) is 6.92 Å². The Bertz CT molecular complexity index is 499. The van der Waals surface area contributed by atoms with Crippen molar-refractivity contribution >= 4 is 35.2 Å². The fourth-order valence-corrected chi connectivity index (χ4v) is 2.61. The van der Waals surface area contributed by atoms with Crippen LogP contribution in [0.5, 0.6) is 0 Å². The molecule has 1 aliphatic heterocycles. The smallest absolute Gasteiger partial charge is 0.246 e. The Hall–Kier alpha value is -0.990. The third kappa shape index (κ3) is 3.74. The number of rotatable bonds is 2. The third-order valence-electron chi connectivity index (χ3n) is 3.45. The van der Waals surface area contributed by atoms with Gasteiger partial charge in [0.05, 0.1) is 10.0 Å². The molecule has 0 aromatic heterocycles. The molecule has 0 unspecified atom stereocenters. The molecule has 0 radical (unpaired) electrons. The second kappa shape index (κ2) is 6.44. The molecule has 1 amide bonds. The molecule has 4 heteroatoms. The topological polar surface area (TPSA) is 20.3 Å². The number of nitrogens with zero attached hydrogens (tertiary/aromatic N) is 1. The standard InChI is InChI=1S/C15H17Cl2NO/c1-11-4-2-3-9-18(11)15(19)8-6-12-5-7-13(16)14(17)10-12/h5-8,10-11H,2-4,9H2,1H3/b8-6+/t11-/m1/s1. The number of halogens is 2. The summed E-state index contributed by atoms with van der Waals surface area (Å²) >= 11 is 11.8. The van der Waals surface area contributed by atoms with Crippen molar-refractivity contribution in [3.8, 4) is 0 Å². The van der Waals surface area contributed by atoms with Crippen LogP contribution in [-0.2, 0) is 4.79 Å². The molecule has 19 heavy (non-hydrogen) atoms. The van der Waals surface area contributed by atoms with Gasteiger partial charge in [-0.3, -0.25) is 4.79 Å². The number of benzene rings is 1. The molecule has 1 aromatic rings. The minimum atomic E-state index is 0.0678. The van der Waals surface area contributed by atoms with E-state index < -0.39 is 0 Å². The summed E-state index contributed by atoms with van der Waals surface area (Å²) in [6.07, 6.45) is 6.79. The third-order valence-corrected chi connectivity index (χ3v) is 4.19. The number of amides is 1. The van der Waals surface area contributed by atoms with Gasteiger partial charge >= 0.3 is 0 Å². The van der Waals surface area contributed by atoms with Crippen LogP contribution >= 0.6 is 23.2 Å². The molecular weight excluding hydrogens is 281 g/mol. The lowest BCUT2D eigenvalue weighted by molar-refractivity contribution is -0.129. The van der Waals surface area contributed by atoms with Crippen LogP contribution in [0.25, 0.3) is 6.08 Å². The lowest BCUT2D eigenvalue weighted by Crippen LogP contribution is -2.41. The average Bonchev–Trinajstić information content (AvgIpc) is 2.40. The van der Waals surface area contributed by atoms with Crippen molar-refractivity contribution in [1.29, 1.82) is 0 Å². The van der Waals surface area contributed by atoms with Crippen LogP contribution in [0.2, 0.25) is 10.0 Å². The van der Waals surface area contributed by atoms with Crippen molar-refractivity contribution in [3.63, 3.8) is 0 Å². The van der Waals surface area contributed by atoms with Gasteiger partial charge in [-0.25, -0.2) is 0 Å². The number of hydrogen-bond acceptors (Lipinski definition) is 1. The van der Waals surface area contributed by atoms with Crippen LogP contribution in [0.15, 0.2) is 24.3 Å². The van der Waals surface area contributed by atoms with E-state index in [1.807, 2.05) is 11.0 Å². The zero-order chi connectivity index (χ0) is 13.8. The molecule has 0 saturated carbocycles. The van der Waals surface area contributed by atoms with Gasteiger partial charge < -0.3 is 4.90 Å². The molecule has 2 nitrogen and oxygen atoms in total. The van der Waals surface area contributed by atoms with Crippen molar-refractivity contribution in [3.05, 3.63) is 39.9 Å². The number of piperidine rings is 1. The number of carbonyl (C=O) groups is 1. The fourth-order valence-electron chi connectivity index (χ4n) is 2.30. The summed E-state index contributed by atoms with van der Waals surface area (Å²) in [5, 5.41) is 1.03. The number of carbonyl (C=O) groups excluding carboxylic acids is 1. The van der Waals surface area contributed by atoms with Gasteiger partial charge in [-0.2, -0.15) is 0 Å². The van der Waals surface area contributed by atoms with E-state index >= 15 is 0 Å². The largest absolute Gasteiger partial charge is 0.336 e. The van der Waals surface area contributed by atoms with E-state index in [1.165, 1.54) is 6.42 Å². The van der Waals surface area contributed by atoms with Gasteiger partial charge in [0.2, 0.25) is 5.91 Å². The molecule has 0 aliphatic carbocycles. The fraction of sp³-hybridized carbons (Fsp3) is 0.400. The summed E-state index contributed by atoms with van der Waals surface area (Å²) in [6, 6.07) is 5.67. The molecule has 1 aliphatic rings. The first-order chi connectivity index (χ1) is 9.08. The summed E-state index contributed by atoms with van der Waals surface area (Å²) in [5.41, 5.74) is 0.882. The van der Waals surface area contributed by atoms with Gasteiger partial charge in [-0.05, 0) is 50.0 Å². The van der Waals surface area contributed by atoms with Crippen molar-refractivity contribution in [2.24, 2.45) is 0 Å². The average molecular weight is 298 g/mol. The van der Waals surface area contributed by atoms with Gasteiger partial charge in [0.1, 0.15) is 0 Å². The number of likely N-dealkylation sites (tertiary alicyclic amines) is 1. The first kappa shape index (κ1) is 14.4. The van der Waals surface area contributed by atoms with E-state index in [4.69, 9.17) is 23.2 Å². The molecular formula is C15H17Cl2NO. The first-order valence-electron chi connectivity index (χ1n) is 6.51. The monoisotopic (exact) mass is 297 g/mol. The Labute approximate surface area is 124 Å². The van der Waals surface area contributed by atoms with Crippen LogP contribution in [-0.4, -0.2) is 23.4 Å². The van der Waals surface area contributed by atoms with Crippen LogP contribution in [0.3, 0.4) is 0 Å². The lowest BCUT2D eigenvalue weighted by Gasteiger charge is -2.32. The van der Waals surface area contributed by atoms with Crippen molar-refractivity contribution in [2.75, 3.05) is 6.54 Å². The van der Waals surface area contributed by atoms with E-state index in [0.717, 1.165) is 24.9 Å². The second-order valence-corrected chi connectivity index (χ2v) is 5.70. The Morgan fingerprint density at radius 2 is 2.11 bits per heavy atom. The highest BCUT2D eigenvalue weighted by atomic mass is 35.5. The molecule has 0 N–H and O–H groups in total. The number of hydrogen-bond donors (Lipinski definition) is 0. The highest BCUT2D eigenvalue weighted by Crippen LogP contribution is 2.23. The quantitative estimate of drug-likeness (QED) is 0.741. The van der Waals surface area contributed by atoms with Crippen molar-refractivity contribution in [1.82, 2.24) is 4.90 Å². The molecule has 1 atom stereocenters. The van der Waals surface area contributed by atoms with Gasteiger partial charge in [0, 0.05) is 18.7 Å². The summed E-state index contributed by atoms with van der Waals surface area (Å²) < 4.78 is 0. The lowest BCUT2D eigenvalue weighted by atomic mass is 10.0. The molecule has 102 valence electrons. The van der Waals surface area contributed by atoms with E-state index in [0.29, 0.717) is 16.1 Å². The van der Waals surface area contributed by atoms with Gasteiger partial charge in [-0.1, -0.05) is 29.3 Å². The first-order valence-corrected chi connectivity index (χ1v) is 7.27. The Morgan fingerprint density at radius 1 is 1.32 bits per heavy atom. The van der Waals surface area contributed by atoms with E-state index in [1.54, 1.807) is 24.3 Å². The SMILES string of the molecule is C[C@@H]1CCCCN1C(=O)/C=C/c1ccc(Cl)c(Cl)c1. The Balaban J connectivity index is 2.04. The van der Waals surface area contributed by atoms with Crippen molar-refractivity contribution < 1.29 is 4.79 Å². The molecule has 1 aromatic carbocycles. The van der Waals surface area contributed by atoms with Gasteiger partial charge in [0.25, 0.3) is 0 Å². The van der Waals surface area contributed by atoms with Gasteiger partial charge in [0.15, 0.2) is 0 Å². The highest BCUT2D eigenvalue weighted by Gasteiger charge is 2.21. The molecule has 1 fully saturated rings. The van der Waals surface area contributed by atoms with Gasteiger partial charge in [-0.15, -0.1) is 0 Å². The second-order valence-electron chi connectivity index (χ2n) is 4.88. The maximum absolute atomic E-state index is 12.1. The molecule has 1 saturated heterocycles. The molecule has 1 heterocycles. The predicted molar refractivity (Wildman–Crippen MR) is 80.5 cm³/mol. The van der Waals surface area contributed by atoms with Crippen LogP contribution in [0, 0.1) is 0 Å². The normalized spacial score (nSPS) is 19.9. The maximum Gasteiger partial charge on any atom is 0.246 e.